The van der Waals surface area contributed by atoms with Crippen LogP contribution in [0.15, 0.2) is 18.2 Å². The molecule has 18 heavy (non-hydrogen) atoms. The van der Waals surface area contributed by atoms with E-state index in [4.69, 9.17) is 0 Å². The van der Waals surface area contributed by atoms with Gasteiger partial charge in [-0.1, -0.05) is 29.5 Å². The average molecular weight is 262 g/mol. The third-order valence-corrected chi connectivity index (χ3v) is 4.28. The minimum Gasteiger partial charge on any atom is -0.391 e. The van der Waals surface area contributed by atoms with Gasteiger partial charge in [0.1, 0.15) is 0 Å². The van der Waals surface area contributed by atoms with E-state index in [0.29, 0.717) is 0 Å². The second-order valence-corrected chi connectivity index (χ2v) is 5.63. The summed E-state index contributed by atoms with van der Waals surface area (Å²) in [5.41, 5.74) is 4.49. The van der Waals surface area contributed by atoms with Crippen molar-refractivity contribution >= 4 is 16.5 Å². The summed E-state index contributed by atoms with van der Waals surface area (Å²) in [7, 11) is 3.93. The molecule has 0 unspecified atom stereocenters. The molecule has 0 spiro atoms. The molecule has 1 heterocycles. The second kappa shape index (κ2) is 5.08. The molecule has 0 aliphatic carbocycles. The van der Waals surface area contributed by atoms with Crippen LogP contribution >= 0.6 is 11.3 Å². The summed E-state index contributed by atoms with van der Waals surface area (Å²) in [5.74, 6) is 0. The van der Waals surface area contributed by atoms with E-state index < -0.39 is 0 Å². The number of anilines is 1. The van der Waals surface area contributed by atoms with Gasteiger partial charge >= 0.3 is 0 Å². The Bertz CT molecular complexity index is 561. The summed E-state index contributed by atoms with van der Waals surface area (Å²) in [6.45, 7) is 4.23. The molecule has 0 bridgehead atoms. The maximum Gasteiger partial charge on any atom is 0.185 e. The highest BCUT2D eigenvalue weighted by Crippen LogP contribution is 2.34. The quantitative estimate of drug-likeness (QED) is 0.924. The summed E-state index contributed by atoms with van der Waals surface area (Å²) in [5, 5.41) is 10.4. The first kappa shape index (κ1) is 13.1. The fraction of sp³-hybridized carbons (Fsp3) is 0.357. The van der Waals surface area contributed by atoms with Gasteiger partial charge in [-0.15, -0.1) is 0 Å². The molecule has 1 aromatic heterocycles. The minimum atomic E-state index is 0.0359. The van der Waals surface area contributed by atoms with Gasteiger partial charge in [0.2, 0.25) is 0 Å². The average Bonchev–Trinajstić information content (AvgIpc) is 2.76. The van der Waals surface area contributed by atoms with Gasteiger partial charge in [-0.2, -0.15) is 0 Å². The second-order valence-electron chi connectivity index (χ2n) is 4.57. The normalized spacial score (nSPS) is 10.7. The number of aromatic nitrogens is 1. The summed E-state index contributed by atoms with van der Waals surface area (Å²) in [6.07, 6.45) is 0. The smallest absolute Gasteiger partial charge is 0.185 e. The standard InChI is InChI=1S/C14H18N2OS/c1-9-6-5-7-11(10(9)2)13-12(8-17)18-14(15-13)16(3)4/h5-7,17H,8H2,1-4H3. The van der Waals surface area contributed by atoms with Crippen molar-refractivity contribution in [1.82, 2.24) is 4.98 Å². The monoisotopic (exact) mass is 262 g/mol. The molecule has 2 aromatic rings. The van der Waals surface area contributed by atoms with E-state index in [0.717, 1.165) is 21.3 Å². The molecule has 3 nitrogen and oxygen atoms in total. The van der Waals surface area contributed by atoms with Crippen LogP contribution in [0.1, 0.15) is 16.0 Å². The van der Waals surface area contributed by atoms with Gasteiger partial charge in [0.05, 0.1) is 17.2 Å². The number of aliphatic hydroxyl groups is 1. The molecule has 4 heteroatoms. The van der Waals surface area contributed by atoms with Crippen LogP contribution in [0, 0.1) is 13.8 Å². The van der Waals surface area contributed by atoms with Crippen molar-refractivity contribution in [1.29, 1.82) is 0 Å². The van der Waals surface area contributed by atoms with E-state index in [9.17, 15) is 5.11 Å². The summed E-state index contributed by atoms with van der Waals surface area (Å²) in [4.78, 5) is 7.53. The fourth-order valence-electron chi connectivity index (χ4n) is 1.86. The lowest BCUT2D eigenvalue weighted by Crippen LogP contribution is -2.07. The number of hydrogen-bond donors (Lipinski definition) is 1. The molecule has 0 radical (unpaired) electrons. The van der Waals surface area contributed by atoms with Gasteiger partial charge in [-0.25, -0.2) is 4.98 Å². The zero-order valence-electron chi connectivity index (χ0n) is 11.2. The van der Waals surface area contributed by atoms with Gasteiger partial charge in [-0.3, -0.25) is 0 Å². The number of nitrogens with zero attached hydrogens (tertiary/aromatic N) is 2. The van der Waals surface area contributed by atoms with E-state index >= 15 is 0 Å². The van der Waals surface area contributed by atoms with Crippen LogP contribution in [0.2, 0.25) is 0 Å². The SMILES string of the molecule is Cc1cccc(-c2nc(N(C)C)sc2CO)c1C. The fourth-order valence-corrected chi connectivity index (χ4v) is 2.71. The number of aryl methyl sites for hydroxylation is 1. The van der Waals surface area contributed by atoms with E-state index in [-0.39, 0.29) is 6.61 Å². The van der Waals surface area contributed by atoms with Crippen LogP contribution in [0.3, 0.4) is 0 Å². The van der Waals surface area contributed by atoms with Crippen LogP contribution in [-0.4, -0.2) is 24.2 Å². The van der Waals surface area contributed by atoms with Crippen molar-refractivity contribution in [3.8, 4) is 11.3 Å². The van der Waals surface area contributed by atoms with Crippen molar-refractivity contribution in [2.24, 2.45) is 0 Å². The van der Waals surface area contributed by atoms with E-state index in [2.05, 4.69) is 31.0 Å². The van der Waals surface area contributed by atoms with Crippen LogP contribution in [0.5, 0.6) is 0 Å². The molecule has 1 N–H and O–H groups in total. The number of thiazole rings is 1. The zero-order chi connectivity index (χ0) is 13.3. The van der Waals surface area contributed by atoms with E-state index in [1.54, 1.807) is 11.3 Å². The Morgan fingerprint density at radius 1 is 1.28 bits per heavy atom. The van der Waals surface area contributed by atoms with Crippen molar-refractivity contribution in [2.75, 3.05) is 19.0 Å². The lowest BCUT2D eigenvalue weighted by atomic mass is 10.0. The Morgan fingerprint density at radius 3 is 2.61 bits per heavy atom. The molecule has 0 amide bonds. The predicted molar refractivity (Wildman–Crippen MR) is 77.3 cm³/mol. The topological polar surface area (TPSA) is 36.4 Å². The van der Waals surface area contributed by atoms with Crippen molar-refractivity contribution in [3.63, 3.8) is 0 Å². The van der Waals surface area contributed by atoms with Gasteiger partial charge < -0.3 is 10.0 Å². The third kappa shape index (κ3) is 2.26. The molecule has 0 atom stereocenters. The molecular formula is C14H18N2OS. The van der Waals surface area contributed by atoms with Crippen LogP contribution < -0.4 is 4.90 Å². The van der Waals surface area contributed by atoms with E-state index in [1.807, 2.05) is 25.1 Å². The first-order valence-corrected chi connectivity index (χ1v) is 6.70. The Balaban J connectivity index is 2.59. The maximum atomic E-state index is 9.49. The Labute approximate surface area is 112 Å². The number of rotatable bonds is 3. The van der Waals surface area contributed by atoms with Crippen LogP contribution in [-0.2, 0) is 6.61 Å². The molecule has 1 aromatic carbocycles. The van der Waals surface area contributed by atoms with Crippen molar-refractivity contribution in [2.45, 2.75) is 20.5 Å². The molecule has 0 aliphatic heterocycles. The predicted octanol–water partition coefficient (Wildman–Crippen LogP) is 2.99. The van der Waals surface area contributed by atoms with Gasteiger partial charge in [0.15, 0.2) is 5.13 Å². The van der Waals surface area contributed by atoms with Gasteiger partial charge in [0.25, 0.3) is 0 Å². The van der Waals surface area contributed by atoms with Gasteiger partial charge in [-0.05, 0) is 25.0 Å². The first-order chi connectivity index (χ1) is 8.54. The van der Waals surface area contributed by atoms with Crippen molar-refractivity contribution in [3.05, 3.63) is 34.2 Å². The highest BCUT2D eigenvalue weighted by atomic mass is 32.1. The Hall–Kier alpha value is -1.39. The van der Waals surface area contributed by atoms with Gasteiger partial charge in [0, 0.05) is 19.7 Å². The largest absolute Gasteiger partial charge is 0.391 e. The maximum absolute atomic E-state index is 9.49. The summed E-state index contributed by atoms with van der Waals surface area (Å²) in [6, 6.07) is 6.19. The lowest BCUT2D eigenvalue weighted by molar-refractivity contribution is 0.286. The van der Waals surface area contributed by atoms with E-state index in [1.165, 1.54) is 11.1 Å². The first-order valence-electron chi connectivity index (χ1n) is 5.89. The molecular weight excluding hydrogens is 244 g/mol. The highest BCUT2D eigenvalue weighted by Gasteiger charge is 2.15. The Kier molecular flexibility index (Phi) is 3.68. The molecule has 0 saturated heterocycles. The number of aliphatic hydroxyl groups excluding tert-OH is 1. The molecule has 0 fully saturated rings. The molecule has 2 rings (SSSR count). The molecule has 0 saturated carbocycles. The zero-order valence-corrected chi connectivity index (χ0v) is 12.0. The van der Waals surface area contributed by atoms with Crippen LogP contribution in [0.4, 0.5) is 5.13 Å². The summed E-state index contributed by atoms with van der Waals surface area (Å²) >= 11 is 1.54. The van der Waals surface area contributed by atoms with Crippen LogP contribution in [0.25, 0.3) is 11.3 Å². The molecule has 96 valence electrons. The lowest BCUT2D eigenvalue weighted by Gasteiger charge is -2.08. The Morgan fingerprint density at radius 2 is 2.00 bits per heavy atom. The summed E-state index contributed by atoms with van der Waals surface area (Å²) < 4.78 is 0. The number of benzene rings is 1. The minimum absolute atomic E-state index is 0.0359. The van der Waals surface area contributed by atoms with Crippen molar-refractivity contribution < 1.29 is 5.11 Å². The highest BCUT2D eigenvalue weighted by molar-refractivity contribution is 7.16. The molecule has 0 aliphatic rings. The third-order valence-electron chi connectivity index (χ3n) is 3.07. The number of hydrogen-bond acceptors (Lipinski definition) is 4.